The van der Waals surface area contributed by atoms with Crippen molar-refractivity contribution < 1.29 is 5.11 Å². The van der Waals surface area contributed by atoms with E-state index in [4.69, 9.17) is 0 Å². The molecule has 2 nitrogen and oxygen atoms in total. The summed E-state index contributed by atoms with van der Waals surface area (Å²) in [6.45, 7) is 5.48. The molecular formula is C14H27NO. The van der Waals surface area contributed by atoms with E-state index in [1.807, 2.05) is 0 Å². The minimum Gasteiger partial charge on any atom is -0.396 e. The third-order valence-electron chi connectivity index (χ3n) is 4.30. The van der Waals surface area contributed by atoms with Crippen LogP contribution in [0.2, 0.25) is 0 Å². The van der Waals surface area contributed by atoms with E-state index in [0.29, 0.717) is 6.04 Å². The van der Waals surface area contributed by atoms with Gasteiger partial charge in [-0.1, -0.05) is 26.7 Å². The van der Waals surface area contributed by atoms with Crippen LogP contribution in [0, 0.1) is 17.3 Å². The standard InChI is InChI=1S/C14H27NO/c1-14(2,10-16)9-15-13-5-3-4-12(8-13)11-6-7-11/h11-13,15-16H,3-10H2,1-2H3. The Balaban J connectivity index is 1.72. The molecule has 2 saturated carbocycles. The van der Waals surface area contributed by atoms with Gasteiger partial charge in [0.1, 0.15) is 0 Å². The summed E-state index contributed by atoms with van der Waals surface area (Å²) in [6, 6.07) is 0.713. The molecule has 0 spiro atoms. The van der Waals surface area contributed by atoms with E-state index < -0.39 is 0 Å². The molecule has 16 heavy (non-hydrogen) atoms. The van der Waals surface area contributed by atoms with Gasteiger partial charge in [0.25, 0.3) is 0 Å². The molecule has 0 amide bonds. The maximum Gasteiger partial charge on any atom is 0.0494 e. The van der Waals surface area contributed by atoms with Gasteiger partial charge in [0, 0.05) is 24.6 Å². The molecule has 0 aromatic carbocycles. The van der Waals surface area contributed by atoms with Crippen LogP contribution < -0.4 is 5.32 Å². The van der Waals surface area contributed by atoms with Crippen molar-refractivity contribution in [1.29, 1.82) is 0 Å². The number of aliphatic hydroxyl groups is 1. The largest absolute Gasteiger partial charge is 0.396 e. The molecule has 94 valence electrons. The molecule has 2 heteroatoms. The van der Waals surface area contributed by atoms with Gasteiger partial charge in [-0.25, -0.2) is 0 Å². The van der Waals surface area contributed by atoms with Gasteiger partial charge in [-0.2, -0.15) is 0 Å². The van der Waals surface area contributed by atoms with E-state index >= 15 is 0 Å². The molecule has 2 unspecified atom stereocenters. The van der Waals surface area contributed by atoms with Gasteiger partial charge in [0.05, 0.1) is 0 Å². The molecule has 2 rings (SSSR count). The molecule has 0 bridgehead atoms. The predicted octanol–water partition coefficient (Wildman–Crippen LogP) is 2.56. The number of hydrogen-bond donors (Lipinski definition) is 2. The first-order chi connectivity index (χ1) is 7.61. The average Bonchev–Trinajstić information content (AvgIpc) is 3.11. The number of rotatable bonds is 5. The van der Waals surface area contributed by atoms with Crippen molar-refractivity contribution in [3.05, 3.63) is 0 Å². The van der Waals surface area contributed by atoms with Crippen LogP contribution in [0.1, 0.15) is 52.4 Å². The summed E-state index contributed by atoms with van der Waals surface area (Å²) in [5.41, 5.74) is 0.0343. The lowest BCUT2D eigenvalue weighted by molar-refractivity contribution is 0.145. The van der Waals surface area contributed by atoms with Crippen LogP contribution in [0.5, 0.6) is 0 Å². The zero-order valence-electron chi connectivity index (χ0n) is 10.8. The highest BCUT2D eigenvalue weighted by Crippen LogP contribution is 2.43. The minimum atomic E-state index is 0.0343. The molecular weight excluding hydrogens is 198 g/mol. The van der Waals surface area contributed by atoms with Gasteiger partial charge < -0.3 is 10.4 Å². The number of aliphatic hydroxyl groups excluding tert-OH is 1. The van der Waals surface area contributed by atoms with Crippen molar-refractivity contribution in [3.63, 3.8) is 0 Å². The Morgan fingerprint density at radius 3 is 2.50 bits per heavy atom. The lowest BCUT2D eigenvalue weighted by Gasteiger charge is -2.32. The highest BCUT2D eigenvalue weighted by Gasteiger charge is 2.34. The van der Waals surface area contributed by atoms with Crippen LogP contribution in [0.3, 0.4) is 0 Å². The van der Waals surface area contributed by atoms with Crippen LogP contribution >= 0.6 is 0 Å². The minimum absolute atomic E-state index is 0.0343. The van der Waals surface area contributed by atoms with Crippen LogP contribution in [0.15, 0.2) is 0 Å². The van der Waals surface area contributed by atoms with Crippen LogP contribution in [-0.2, 0) is 0 Å². The first kappa shape index (κ1) is 12.4. The molecule has 2 atom stereocenters. The summed E-state index contributed by atoms with van der Waals surface area (Å²) in [7, 11) is 0. The summed E-state index contributed by atoms with van der Waals surface area (Å²) in [6.07, 6.45) is 8.56. The van der Waals surface area contributed by atoms with Crippen molar-refractivity contribution in [2.45, 2.75) is 58.4 Å². The SMILES string of the molecule is CC(C)(CO)CNC1CCCC(C2CC2)C1. The maximum absolute atomic E-state index is 9.23. The Labute approximate surface area is 99.8 Å². The van der Waals surface area contributed by atoms with E-state index in [1.54, 1.807) is 0 Å². The second-order valence-corrected chi connectivity index (χ2v) is 6.66. The number of hydrogen-bond acceptors (Lipinski definition) is 2. The number of nitrogens with one attached hydrogen (secondary N) is 1. The van der Waals surface area contributed by atoms with Crippen molar-refractivity contribution >= 4 is 0 Å². The maximum atomic E-state index is 9.23. The van der Waals surface area contributed by atoms with E-state index in [-0.39, 0.29) is 12.0 Å². The molecule has 2 aliphatic rings. The first-order valence-corrected chi connectivity index (χ1v) is 6.95. The normalized spacial score (nSPS) is 31.7. The summed E-state index contributed by atoms with van der Waals surface area (Å²) < 4.78 is 0. The average molecular weight is 225 g/mol. The van der Waals surface area contributed by atoms with Gasteiger partial charge in [-0.05, 0) is 37.5 Å². The molecule has 0 aliphatic heterocycles. The molecule has 0 heterocycles. The third-order valence-corrected chi connectivity index (χ3v) is 4.30. The first-order valence-electron chi connectivity index (χ1n) is 6.95. The van der Waals surface area contributed by atoms with E-state index in [0.717, 1.165) is 18.4 Å². The third kappa shape index (κ3) is 3.46. The van der Waals surface area contributed by atoms with Gasteiger partial charge >= 0.3 is 0 Å². The monoisotopic (exact) mass is 225 g/mol. The van der Waals surface area contributed by atoms with Gasteiger partial charge in [0.2, 0.25) is 0 Å². The predicted molar refractivity (Wildman–Crippen MR) is 67.3 cm³/mol. The zero-order valence-corrected chi connectivity index (χ0v) is 10.8. The Morgan fingerprint density at radius 1 is 1.12 bits per heavy atom. The molecule has 0 aromatic heterocycles. The van der Waals surface area contributed by atoms with Crippen LogP contribution in [0.25, 0.3) is 0 Å². The van der Waals surface area contributed by atoms with Crippen molar-refractivity contribution in [1.82, 2.24) is 5.32 Å². The quantitative estimate of drug-likeness (QED) is 0.753. The fourth-order valence-electron chi connectivity index (χ4n) is 2.89. The summed E-state index contributed by atoms with van der Waals surface area (Å²) >= 11 is 0. The molecule has 2 N–H and O–H groups in total. The fraction of sp³-hybridized carbons (Fsp3) is 1.00. The van der Waals surface area contributed by atoms with Crippen molar-refractivity contribution in [2.24, 2.45) is 17.3 Å². The summed E-state index contributed by atoms with van der Waals surface area (Å²) in [5.74, 6) is 2.07. The highest BCUT2D eigenvalue weighted by molar-refractivity contribution is 4.88. The summed E-state index contributed by atoms with van der Waals surface area (Å²) in [5, 5.41) is 12.9. The van der Waals surface area contributed by atoms with E-state index in [2.05, 4.69) is 19.2 Å². The van der Waals surface area contributed by atoms with Crippen LogP contribution in [0.4, 0.5) is 0 Å². The molecule has 0 aromatic rings. The van der Waals surface area contributed by atoms with Crippen molar-refractivity contribution in [3.8, 4) is 0 Å². The Morgan fingerprint density at radius 2 is 1.88 bits per heavy atom. The lowest BCUT2D eigenvalue weighted by Crippen LogP contribution is -2.41. The smallest absolute Gasteiger partial charge is 0.0494 e. The van der Waals surface area contributed by atoms with Gasteiger partial charge in [-0.3, -0.25) is 0 Å². The Bertz CT molecular complexity index is 223. The molecule has 0 saturated heterocycles. The van der Waals surface area contributed by atoms with Crippen LogP contribution in [-0.4, -0.2) is 24.3 Å². The van der Waals surface area contributed by atoms with E-state index in [9.17, 15) is 5.11 Å². The Hall–Kier alpha value is -0.0800. The molecule has 2 aliphatic carbocycles. The van der Waals surface area contributed by atoms with Crippen molar-refractivity contribution in [2.75, 3.05) is 13.2 Å². The topological polar surface area (TPSA) is 32.3 Å². The van der Waals surface area contributed by atoms with Gasteiger partial charge in [0.15, 0.2) is 0 Å². The second-order valence-electron chi connectivity index (χ2n) is 6.66. The molecule has 0 radical (unpaired) electrons. The zero-order chi connectivity index (χ0) is 11.6. The fourth-order valence-corrected chi connectivity index (χ4v) is 2.89. The second kappa shape index (κ2) is 5.05. The lowest BCUT2D eigenvalue weighted by atomic mass is 9.82. The van der Waals surface area contributed by atoms with E-state index in [1.165, 1.54) is 38.5 Å². The highest BCUT2D eigenvalue weighted by atomic mass is 16.3. The summed E-state index contributed by atoms with van der Waals surface area (Å²) in [4.78, 5) is 0. The Kier molecular flexibility index (Phi) is 3.91. The molecule has 2 fully saturated rings. The van der Waals surface area contributed by atoms with Gasteiger partial charge in [-0.15, -0.1) is 0 Å².